The van der Waals surface area contributed by atoms with Gasteiger partial charge in [0.25, 0.3) is 0 Å². The van der Waals surface area contributed by atoms with Crippen LogP contribution < -0.4 is 14.0 Å². The summed E-state index contributed by atoms with van der Waals surface area (Å²) in [5.41, 5.74) is 8.45. The minimum Gasteiger partial charge on any atom is -0.512 e. The summed E-state index contributed by atoms with van der Waals surface area (Å²) >= 11 is -2.67. The normalized spacial score (nSPS) is 14.0. The van der Waals surface area contributed by atoms with Crippen molar-refractivity contribution >= 4 is 51.9 Å². The van der Waals surface area contributed by atoms with Crippen molar-refractivity contribution in [3.63, 3.8) is 0 Å². The zero-order valence-electron chi connectivity index (χ0n) is 37.1. The Morgan fingerprint density at radius 2 is 1.35 bits per heavy atom. The molecule has 5 aromatic rings. The third-order valence-corrected chi connectivity index (χ3v) is 22.5. The van der Waals surface area contributed by atoms with Crippen molar-refractivity contribution in [1.29, 1.82) is 0 Å². The molecule has 1 N–H and O–H groups in total. The van der Waals surface area contributed by atoms with Gasteiger partial charge in [-0.1, -0.05) is 41.5 Å². The largest absolute Gasteiger partial charge is 0.512 e. The van der Waals surface area contributed by atoms with Crippen LogP contribution in [-0.4, -0.2) is 37.2 Å². The van der Waals surface area contributed by atoms with Crippen LogP contribution in [0.2, 0.25) is 31.2 Å². The van der Waals surface area contributed by atoms with Crippen molar-refractivity contribution in [1.82, 2.24) is 4.98 Å². The number of carbonyl (C=O) groups excluding carboxylic acids is 1. The molecule has 0 saturated heterocycles. The van der Waals surface area contributed by atoms with Crippen molar-refractivity contribution in [2.24, 2.45) is 10.8 Å². The zero-order valence-corrected chi connectivity index (χ0v) is 42.6. The van der Waals surface area contributed by atoms with Gasteiger partial charge in [-0.15, -0.1) is 0 Å². The molecule has 4 aromatic carbocycles. The van der Waals surface area contributed by atoms with Gasteiger partial charge in [0.1, 0.15) is 5.76 Å². The van der Waals surface area contributed by atoms with Gasteiger partial charge in [0.15, 0.2) is 5.78 Å². The molecule has 0 aliphatic carbocycles. The third-order valence-electron chi connectivity index (χ3n) is 13.1. The molecule has 0 fully saturated rings. The number of fused-ring (bicyclic) bond motifs is 4. The van der Waals surface area contributed by atoms with E-state index in [0.717, 1.165) is 36.9 Å². The van der Waals surface area contributed by atoms with Crippen LogP contribution in [0.15, 0.2) is 96.9 Å². The number of ketones is 1. The first-order valence-electron chi connectivity index (χ1n) is 20.8. The van der Waals surface area contributed by atoms with E-state index in [0.29, 0.717) is 0 Å². The van der Waals surface area contributed by atoms with Crippen molar-refractivity contribution in [3.8, 4) is 33.5 Å². The number of aromatic nitrogens is 1. The monoisotopic (exact) mass is 1020 g/mol. The quantitative estimate of drug-likeness (QED) is 0.0656. The fourth-order valence-corrected chi connectivity index (χ4v) is 16.2. The molecule has 6 heteroatoms. The molecule has 6 rings (SSSR count). The van der Waals surface area contributed by atoms with E-state index in [9.17, 15) is 9.90 Å². The average molecular weight is 1020 g/mol. The summed E-state index contributed by atoms with van der Waals surface area (Å²) in [7, 11) is -1.31. The van der Waals surface area contributed by atoms with Gasteiger partial charge in [-0.3, -0.25) is 4.79 Å². The molecule has 305 valence electrons. The van der Waals surface area contributed by atoms with E-state index in [1.54, 1.807) is 4.40 Å². The van der Waals surface area contributed by atoms with E-state index in [4.69, 9.17) is 4.98 Å². The van der Waals surface area contributed by atoms with Crippen LogP contribution in [0.3, 0.4) is 0 Å². The number of hydrogen-bond donors (Lipinski definition) is 1. The molecule has 1 radical (unpaired) electrons. The van der Waals surface area contributed by atoms with Crippen LogP contribution in [0.1, 0.15) is 93.6 Å². The summed E-state index contributed by atoms with van der Waals surface area (Å²) in [4.78, 5) is 17.2. The van der Waals surface area contributed by atoms with Crippen LogP contribution in [0.25, 0.3) is 44.3 Å². The van der Waals surface area contributed by atoms with Gasteiger partial charge in [-0.05, 0) is 25.7 Å². The molecule has 0 amide bonds. The van der Waals surface area contributed by atoms with Crippen LogP contribution in [0, 0.1) is 16.9 Å². The molecular weight excluding hydrogens is 951 g/mol. The molecule has 0 saturated carbocycles. The Hall–Kier alpha value is -3.09. The van der Waals surface area contributed by atoms with Crippen LogP contribution in [0.5, 0.6) is 0 Å². The molecule has 0 bridgehead atoms. The second kappa shape index (κ2) is 17.6. The maximum absolute atomic E-state index is 12.2. The van der Waals surface area contributed by atoms with E-state index in [-0.39, 0.29) is 47.9 Å². The zero-order chi connectivity index (χ0) is 41.4. The van der Waals surface area contributed by atoms with E-state index < -0.39 is 21.3 Å². The first-order chi connectivity index (χ1) is 26.1. The molecule has 1 aromatic heterocycles. The number of hydrogen-bond acceptors (Lipinski definition) is 3. The Morgan fingerprint density at radius 1 is 0.772 bits per heavy atom. The summed E-state index contributed by atoms with van der Waals surface area (Å²) in [6, 6.07) is 33.6. The van der Waals surface area contributed by atoms with Crippen LogP contribution in [-0.2, 0) is 30.3 Å². The number of allylic oxidation sites excluding steroid dienone is 2. The van der Waals surface area contributed by atoms with Crippen molar-refractivity contribution in [3.05, 3.63) is 109 Å². The standard InChI is InChI=1S/C36H38GeNSi.C15H28O2.Ir/c1-36(2,3)32-22-27(21-26-11-9-10-12-29(26)32)35-34-31(19-20-38-35)30-18-15-25(23-33(30)37(34,4)5)24-13-16-28(17-14-24)39(6,7)8;1-7-14(5,8-2)12(16)11-13(17)15(6,9-3)10-4;/h9-20,22-23H,1-8H3;11,16H,7-10H2,1-6H3;/q-1;;/b;12-11-;. The second-order valence-corrected chi connectivity index (χ2v) is 33.2. The summed E-state index contributed by atoms with van der Waals surface area (Å²) < 4.78 is 3.05. The van der Waals surface area contributed by atoms with E-state index in [1.165, 1.54) is 54.2 Å². The van der Waals surface area contributed by atoms with E-state index in [2.05, 4.69) is 137 Å². The minimum absolute atomic E-state index is 0. The second-order valence-electron chi connectivity index (χ2n) is 19.1. The smallest absolute Gasteiger partial charge is 0.164 e. The van der Waals surface area contributed by atoms with E-state index in [1.807, 2.05) is 47.7 Å². The Morgan fingerprint density at radius 3 is 1.91 bits per heavy atom. The Labute approximate surface area is 361 Å². The Bertz CT molecular complexity index is 2250. The molecule has 2 heterocycles. The minimum atomic E-state index is -2.67. The van der Waals surface area contributed by atoms with Crippen molar-refractivity contribution in [2.45, 2.75) is 125 Å². The van der Waals surface area contributed by atoms with Crippen LogP contribution >= 0.6 is 0 Å². The number of pyridine rings is 1. The van der Waals surface area contributed by atoms with E-state index >= 15 is 0 Å². The van der Waals surface area contributed by atoms with Crippen molar-refractivity contribution < 1.29 is 30.0 Å². The molecule has 0 spiro atoms. The fourth-order valence-electron chi connectivity index (χ4n) is 7.96. The summed E-state index contributed by atoms with van der Waals surface area (Å²) in [5.74, 6) is 5.37. The summed E-state index contributed by atoms with van der Waals surface area (Å²) in [6.07, 6.45) is 6.76. The van der Waals surface area contributed by atoms with Gasteiger partial charge < -0.3 is 5.11 Å². The summed E-state index contributed by atoms with van der Waals surface area (Å²) in [6.45, 7) is 26.2. The van der Waals surface area contributed by atoms with Gasteiger partial charge in [0.05, 0.1) is 0 Å². The third kappa shape index (κ3) is 9.38. The van der Waals surface area contributed by atoms with Crippen molar-refractivity contribution in [2.75, 3.05) is 0 Å². The molecule has 0 unspecified atom stereocenters. The fraction of sp³-hybridized carbons (Fsp3) is 0.412. The number of benzene rings is 4. The molecule has 1 aliphatic heterocycles. The SMILES string of the molecule is CC(C)(C)c1cc(-c2nccc3[c]2[Ge]([CH3])([CH3])[c]2cc(-c4ccc([Si](C)(C)C)cc4)ccc2-3)[c-]c2ccccc12.CCC(C)(CC)C(=O)/C=C(\O)C(C)(CC)CC.[Ir]. The van der Waals surface area contributed by atoms with Gasteiger partial charge >= 0.3 is 239 Å². The molecule has 57 heavy (non-hydrogen) atoms. The number of nitrogens with zero attached hydrogens (tertiary/aromatic N) is 1. The Balaban J connectivity index is 0.000000341. The first kappa shape index (κ1) is 46.6. The Kier molecular flexibility index (Phi) is 14.4. The maximum Gasteiger partial charge on any atom is 0.164 e. The first-order valence-corrected chi connectivity index (χ1v) is 30.6. The number of aliphatic hydroxyl groups is 1. The van der Waals surface area contributed by atoms with Crippen LogP contribution in [0.4, 0.5) is 0 Å². The maximum atomic E-state index is 12.2. The number of carbonyl (C=O) groups is 1. The number of aliphatic hydroxyl groups excluding tert-OH is 1. The molecule has 1 aliphatic rings. The average Bonchev–Trinajstić information content (AvgIpc) is 3.41. The predicted molar refractivity (Wildman–Crippen MR) is 248 cm³/mol. The van der Waals surface area contributed by atoms with Gasteiger partial charge in [-0.25, -0.2) is 0 Å². The van der Waals surface area contributed by atoms with Gasteiger partial charge in [-0.2, -0.15) is 0 Å². The topological polar surface area (TPSA) is 50.2 Å². The molecule has 3 nitrogen and oxygen atoms in total. The summed E-state index contributed by atoms with van der Waals surface area (Å²) in [5, 5.41) is 14.1. The molecule has 0 atom stereocenters. The predicted octanol–water partition coefficient (Wildman–Crippen LogP) is 12.7. The van der Waals surface area contributed by atoms with Gasteiger partial charge in [0.2, 0.25) is 0 Å². The molecular formula is C51H66GeIrNO2Si-. The number of rotatable bonds is 10. The van der Waals surface area contributed by atoms with Gasteiger partial charge in [0, 0.05) is 37.0 Å².